The van der Waals surface area contributed by atoms with Crippen molar-refractivity contribution in [3.05, 3.63) is 29.3 Å². The van der Waals surface area contributed by atoms with Gasteiger partial charge in [0.15, 0.2) is 5.78 Å². The second-order valence-corrected chi connectivity index (χ2v) is 4.75. The molecule has 16 heavy (non-hydrogen) atoms. The number of nitrogens with one attached hydrogen (secondary N) is 1. The lowest BCUT2D eigenvalue weighted by Crippen LogP contribution is -2.10. The first-order valence-corrected chi connectivity index (χ1v) is 5.89. The standard InChI is InChI=1S/C12H14N2OS/c1-8(15)6-12-14(3)10-7-9(13-2)4-5-11(10)16-12/h4-7,13H,1-3H3. The third-order valence-electron chi connectivity index (χ3n) is 2.48. The summed E-state index contributed by atoms with van der Waals surface area (Å²) < 4.78 is 0. The van der Waals surface area contributed by atoms with E-state index >= 15 is 0 Å². The van der Waals surface area contributed by atoms with Crippen LogP contribution in [-0.2, 0) is 4.79 Å². The molecule has 1 heterocycles. The SMILES string of the molecule is CNc1ccc2c(c1)N(C)C(=CC(C)=O)S2. The van der Waals surface area contributed by atoms with E-state index in [1.165, 1.54) is 4.90 Å². The Kier molecular flexibility index (Phi) is 2.92. The molecule has 3 nitrogen and oxygen atoms in total. The molecule has 1 aliphatic heterocycles. The lowest BCUT2D eigenvalue weighted by Gasteiger charge is -2.13. The molecule has 0 aliphatic carbocycles. The van der Waals surface area contributed by atoms with Crippen molar-refractivity contribution in [1.29, 1.82) is 0 Å². The zero-order chi connectivity index (χ0) is 11.7. The summed E-state index contributed by atoms with van der Waals surface area (Å²) in [6.07, 6.45) is 1.67. The Morgan fingerprint density at radius 3 is 2.88 bits per heavy atom. The van der Waals surface area contributed by atoms with E-state index in [-0.39, 0.29) is 5.78 Å². The van der Waals surface area contributed by atoms with Crippen LogP contribution in [0.25, 0.3) is 0 Å². The maximum atomic E-state index is 11.1. The van der Waals surface area contributed by atoms with Gasteiger partial charge >= 0.3 is 0 Å². The van der Waals surface area contributed by atoms with Gasteiger partial charge in [-0.15, -0.1) is 0 Å². The van der Waals surface area contributed by atoms with E-state index in [4.69, 9.17) is 0 Å². The smallest absolute Gasteiger partial charge is 0.155 e. The molecule has 0 radical (unpaired) electrons. The Bertz CT molecular complexity index is 468. The van der Waals surface area contributed by atoms with Gasteiger partial charge in [0.05, 0.1) is 10.7 Å². The highest BCUT2D eigenvalue weighted by molar-refractivity contribution is 8.03. The van der Waals surface area contributed by atoms with Gasteiger partial charge in [0.2, 0.25) is 0 Å². The summed E-state index contributed by atoms with van der Waals surface area (Å²) in [7, 11) is 3.88. The third kappa shape index (κ3) is 1.93. The molecule has 0 amide bonds. The number of carbonyl (C=O) groups is 1. The normalized spacial score (nSPS) is 16.4. The van der Waals surface area contributed by atoms with Crippen molar-refractivity contribution in [2.24, 2.45) is 0 Å². The molecule has 0 saturated heterocycles. The van der Waals surface area contributed by atoms with Crippen LogP contribution in [0.15, 0.2) is 34.2 Å². The van der Waals surface area contributed by atoms with Crippen molar-refractivity contribution in [2.45, 2.75) is 11.8 Å². The molecule has 2 rings (SSSR count). The van der Waals surface area contributed by atoms with Crippen LogP contribution in [0.5, 0.6) is 0 Å². The summed E-state index contributed by atoms with van der Waals surface area (Å²) in [4.78, 5) is 14.3. The predicted molar refractivity (Wildman–Crippen MR) is 69.0 cm³/mol. The fourth-order valence-electron chi connectivity index (χ4n) is 1.62. The number of hydrogen-bond donors (Lipinski definition) is 1. The van der Waals surface area contributed by atoms with Gasteiger partial charge in [-0.1, -0.05) is 11.8 Å². The molecule has 0 saturated carbocycles. The number of benzene rings is 1. The number of thioether (sulfide) groups is 1. The fraction of sp³-hybridized carbons (Fsp3) is 0.250. The number of allylic oxidation sites excluding steroid dienone is 1. The molecule has 0 unspecified atom stereocenters. The number of carbonyl (C=O) groups excluding carboxylic acids is 1. The summed E-state index contributed by atoms with van der Waals surface area (Å²) in [5.41, 5.74) is 2.22. The maximum Gasteiger partial charge on any atom is 0.155 e. The van der Waals surface area contributed by atoms with Crippen molar-refractivity contribution in [3.8, 4) is 0 Å². The fourth-order valence-corrected chi connectivity index (χ4v) is 2.74. The molecule has 4 heteroatoms. The summed E-state index contributed by atoms with van der Waals surface area (Å²) in [6, 6.07) is 6.20. The van der Waals surface area contributed by atoms with E-state index in [1.807, 2.05) is 25.1 Å². The molecular formula is C12H14N2OS. The van der Waals surface area contributed by atoms with Crippen molar-refractivity contribution >= 4 is 28.9 Å². The summed E-state index contributed by atoms with van der Waals surface area (Å²) >= 11 is 1.63. The predicted octanol–water partition coefficient (Wildman–Crippen LogP) is 2.70. The maximum absolute atomic E-state index is 11.1. The molecule has 1 aromatic carbocycles. The average molecular weight is 234 g/mol. The largest absolute Gasteiger partial charge is 0.388 e. The first kappa shape index (κ1) is 11.1. The van der Waals surface area contributed by atoms with E-state index in [0.29, 0.717) is 0 Å². The first-order valence-electron chi connectivity index (χ1n) is 5.07. The number of hydrogen-bond acceptors (Lipinski definition) is 4. The van der Waals surface area contributed by atoms with Gasteiger partial charge in [0.25, 0.3) is 0 Å². The van der Waals surface area contributed by atoms with Crippen molar-refractivity contribution in [3.63, 3.8) is 0 Å². The molecule has 1 aromatic rings. The number of ketones is 1. The minimum Gasteiger partial charge on any atom is -0.388 e. The number of fused-ring (bicyclic) bond motifs is 1. The third-order valence-corrected chi connectivity index (χ3v) is 3.65. The number of nitrogens with zero attached hydrogens (tertiary/aromatic N) is 1. The van der Waals surface area contributed by atoms with Gasteiger partial charge in [-0.25, -0.2) is 0 Å². The average Bonchev–Trinajstić information content (AvgIpc) is 2.55. The molecule has 0 fully saturated rings. The van der Waals surface area contributed by atoms with Crippen LogP contribution in [0.3, 0.4) is 0 Å². The molecule has 0 aromatic heterocycles. The molecule has 0 spiro atoms. The zero-order valence-corrected chi connectivity index (χ0v) is 10.4. The monoisotopic (exact) mass is 234 g/mol. The highest BCUT2D eigenvalue weighted by Gasteiger charge is 2.22. The topological polar surface area (TPSA) is 32.3 Å². The summed E-state index contributed by atoms with van der Waals surface area (Å²) in [5, 5.41) is 4.09. The summed E-state index contributed by atoms with van der Waals surface area (Å²) in [6.45, 7) is 1.57. The minimum atomic E-state index is 0.0796. The van der Waals surface area contributed by atoms with E-state index in [1.54, 1.807) is 24.8 Å². The van der Waals surface area contributed by atoms with Gasteiger partial charge in [0.1, 0.15) is 0 Å². The van der Waals surface area contributed by atoms with Crippen LogP contribution in [0.2, 0.25) is 0 Å². The van der Waals surface area contributed by atoms with E-state index in [0.717, 1.165) is 16.4 Å². The van der Waals surface area contributed by atoms with Gasteiger partial charge in [-0.05, 0) is 25.1 Å². The number of anilines is 2. The van der Waals surface area contributed by atoms with Crippen LogP contribution in [0, 0.1) is 0 Å². The van der Waals surface area contributed by atoms with Crippen molar-refractivity contribution in [1.82, 2.24) is 0 Å². The van der Waals surface area contributed by atoms with Gasteiger partial charge in [-0.3, -0.25) is 4.79 Å². The molecule has 84 valence electrons. The highest BCUT2D eigenvalue weighted by atomic mass is 32.2. The van der Waals surface area contributed by atoms with Crippen LogP contribution in [0.4, 0.5) is 11.4 Å². The zero-order valence-electron chi connectivity index (χ0n) is 9.57. The van der Waals surface area contributed by atoms with Crippen LogP contribution >= 0.6 is 11.8 Å². The number of rotatable bonds is 2. The second-order valence-electron chi connectivity index (χ2n) is 3.69. The molecule has 0 bridgehead atoms. The van der Waals surface area contributed by atoms with Crippen molar-refractivity contribution in [2.75, 3.05) is 24.3 Å². The Balaban J connectivity index is 2.38. The lowest BCUT2D eigenvalue weighted by molar-refractivity contribution is -0.112. The quantitative estimate of drug-likeness (QED) is 0.797. The van der Waals surface area contributed by atoms with Crippen LogP contribution in [0.1, 0.15) is 6.92 Å². The first-order chi connectivity index (χ1) is 7.61. The Morgan fingerprint density at radius 2 is 2.25 bits per heavy atom. The van der Waals surface area contributed by atoms with Crippen LogP contribution in [-0.4, -0.2) is 19.9 Å². The summed E-state index contributed by atoms with van der Waals surface area (Å²) in [5.74, 6) is 0.0796. The van der Waals surface area contributed by atoms with Gasteiger partial charge in [0, 0.05) is 30.8 Å². The molecular weight excluding hydrogens is 220 g/mol. The minimum absolute atomic E-state index is 0.0796. The lowest BCUT2D eigenvalue weighted by atomic mass is 10.2. The second kappa shape index (κ2) is 4.22. The van der Waals surface area contributed by atoms with E-state index in [2.05, 4.69) is 17.4 Å². The van der Waals surface area contributed by atoms with E-state index in [9.17, 15) is 4.79 Å². The van der Waals surface area contributed by atoms with E-state index < -0.39 is 0 Å². The molecule has 1 aliphatic rings. The molecule has 0 atom stereocenters. The van der Waals surface area contributed by atoms with Crippen LogP contribution < -0.4 is 10.2 Å². The Morgan fingerprint density at radius 1 is 1.50 bits per heavy atom. The highest BCUT2D eigenvalue weighted by Crippen LogP contribution is 2.45. The van der Waals surface area contributed by atoms with Gasteiger partial charge < -0.3 is 10.2 Å². The Hall–Kier alpha value is -1.42. The van der Waals surface area contributed by atoms with Gasteiger partial charge in [-0.2, -0.15) is 0 Å². The van der Waals surface area contributed by atoms with Crippen molar-refractivity contribution < 1.29 is 4.79 Å². The molecule has 1 N–H and O–H groups in total. The Labute approximate surface area is 99.5 Å².